The Balaban J connectivity index is 1.30. The largest absolute Gasteiger partial charge is 0.335 e. The molecule has 4 rings (SSSR count). The second-order valence-corrected chi connectivity index (χ2v) is 7.28. The van der Waals surface area contributed by atoms with E-state index in [4.69, 9.17) is 0 Å². The van der Waals surface area contributed by atoms with Gasteiger partial charge in [-0.3, -0.25) is 4.79 Å². The van der Waals surface area contributed by atoms with Gasteiger partial charge in [0.25, 0.3) is 0 Å². The lowest BCUT2D eigenvalue weighted by molar-refractivity contribution is -0.129. The molecule has 144 valence electrons. The Hall–Kier alpha value is -2.92. The fourth-order valence-corrected chi connectivity index (χ4v) is 3.78. The summed E-state index contributed by atoms with van der Waals surface area (Å²) in [4.78, 5) is 14.4. The minimum atomic E-state index is 0.268. The van der Waals surface area contributed by atoms with Crippen LogP contribution in [-0.4, -0.2) is 33.2 Å². The van der Waals surface area contributed by atoms with Gasteiger partial charge in [-0.25, -0.2) is 4.68 Å². The average Bonchev–Trinajstić information content (AvgIpc) is 3.38. The van der Waals surface area contributed by atoms with Crippen LogP contribution in [0.4, 0.5) is 0 Å². The van der Waals surface area contributed by atoms with Crippen LogP contribution in [0.15, 0.2) is 73.1 Å². The van der Waals surface area contributed by atoms with Crippen LogP contribution in [0.5, 0.6) is 0 Å². The van der Waals surface area contributed by atoms with Crippen molar-refractivity contribution in [1.29, 1.82) is 0 Å². The summed E-state index contributed by atoms with van der Waals surface area (Å²) in [6.45, 7) is 2.47. The van der Waals surface area contributed by atoms with Crippen molar-refractivity contribution in [3.63, 3.8) is 0 Å². The molecule has 0 saturated carbocycles. The Morgan fingerprint density at radius 2 is 1.82 bits per heavy atom. The highest BCUT2D eigenvalue weighted by Gasteiger charge is 2.30. The van der Waals surface area contributed by atoms with Gasteiger partial charge in [0.15, 0.2) is 0 Å². The molecule has 1 fully saturated rings. The molecule has 1 aromatic heterocycles. The topological polar surface area (TPSA) is 50.2 Å². The van der Waals surface area contributed by atoms with Gasteiger partial charge < -0.3 is 10.2 Å². The highest BCUT2D eigenvalue weighted by molar-refractivity contribution is 5.78. The Morgan fingerprint density at radius 1 is 1.00 bits per heavy atom. The monoisotopic (exact) mass is 374 g/mol. The van der Waals surface area contributed by atoms with Crippen LogP contribution in [0, 0.1) is 0 Å². The second-order valence-electron chi connectivity index (χ2n) is 7.28. The number of nitrogens with one attached hydrogen (secondary N) is 1. The van der Waals surface area contributed by atoms with Gasteiger partial charge in [0.05, 0.1) is 5.69 Å². The summed E-state index contributed by atoms with van der Waals surface area (Å²) in [5.74, 6) is 0.268. The minimum Gasteiger partial charge on any atom is -0.335 e. The molecule has 0 spiro atoms. The number of carbonyl (C=O) groups is 1. The molecule has 2 heterocycles. The van der Waals surface area contributed by atoms with E-state index < -0.39 is 0 Å². The van der Waals surface area contributed by atoms with Crippen LogP contribution in [-0.2, 0) is 17.9 Å². The van der Waals surface area contributed by atoms with E-state index in [1.165, 1.54) is 5.56 Å². The molecule has 2 aromatic carbocycles. The summed E-state index contributed by atoms with van der Waals surface area (Å²) >= 11 is 0. The van der Waals surface area contributed by atoms with Crippen molar-refractivity contribution in [2.75, 3.05) is 6.54 Å². The Labute approximate surface area is 166 Å². The van der Waals surface area contributed by atoms with Gasteiger partial charge in [0.1, 0.15) is 0 Å². The number of carbonyl (C=O) groups excluding carboxylic acids is 1. The summed E-state index contributed by atoms with van der Waals surface area (Å²) < 4.78 is 1.84. The fraction of sp³-hybridized carbons (Fsp3) is 0.304. The molecule has 5 nitrogen and oxygen atoms in total. The normalized spacial score (nSPS) is 16.6. The molecule has 0 unspecified atom stereocenters. The zero-order valence-corrected chi connectivity index (χ0v) is 16.0. The van der Waals surface area contributed by atoms with E-state index in [0.717, 1.165) is 37.2 Å². The van der Waals surface area contributed by atoms with Gasteiger partial charge in [0, 0.05) is 37.9 Å². The Kier molecular flexibility index (Phi) is 5.83. The zero-order chi connectivity index (χ0) is 19.2. The van der Waals surface area contributed by atoms with Gasteiger partial charge in [-0.15, -0.1) is 0 Å². The van der Waals surface area contributed by atoms with Crippen molar-refractivity contribution in [2.24, 2.45) is 0 Å². The number of likely N-dealkylation sites (tertiary alicyclic amines) is 1. The van der Waals surface area contributed by atoms with Gasteiger partial charge in [0.2, 0.25) is 5.91 Å². The quantitative estimate of drug-likeness (QED) is 0.614. The van der Waals surface area contributed by atoms with Crippen LogP contribution in [0.2, 0.25) is 0 Å². The molecule has 28 heavy (non-hydrogen) atoms. The zero-order valence-electron chi connectivity index (χ0n) is 16.0. The maximum atomic E-state index is 12.4. The molecule has 1 N–H and O–H groups in total. The van der Waals surface area contributed by atoms with Crippen LogP contribution < -0.4 is 5.32 Å². The predicted octanol–water partition coefficient (Wildman–Crippen LogP) is 3.54. The molecule has 3 aromatic rings. The van der Waals surface area contributed by atoms with Gasteiger partial charge in [-0.1, -0.05) is 42.5 Å². The molecule has 5 heteroatoms. The molecule has 1 saturated heterocycles. The third kappa shape index (κ3) is 4.49. The van der Waals surface area contributed by atoms with Crippen molar-refractivity contribution in [2.45, 2.75) is 38.4 Å². The molecule has 1 aliphatic heterocycles. The molecule has 0 radical (unpaired) electrons. The van der Waals surface area contributed by atoms with E-state index in [-0.39, 0.29) is 5.91 Å². The lowest BCUT2D eigenvalue weighted by Gasteiger charge is -2.25. The summed E-state index contributed by atoms with van der Waals surface area (Å²) in [5, 5.41) is 7.76. The van der Waals surface area contributed by atoms with E-state index in [9.17, 15) is 4.79 Å². The maximum absolute atomic E-state index is 12.4. The van der Waals surface area contributed by atoms with Crippen LogP contribution in [0.25, 0.3) is 5.69 Å². The highest BCUT2D eigenvalue weighted by Crippen LogP contribution is 2.24. The first-order valence-corrected chi connectivity index (χ1v) is 9.93. The number of aromatic nitrogens is 2. The molecular weight excluding hydrogens is 348 g/mol. The van der Waals surface area contributed by atoms with Crippen molar-refractivity contribution in [3.05, 3.63) is 84.2 Å². The number of hydrogen-bond acceptors (Lipinski definition) is 3. The van der Waals surface area contributed by atoms with Gasteiger partial charge in [-0.2, -0.15) is 5.10 Å². The van der Waals surface area contributed by atoms with E-state index in [1.807, 2.05) is 27.9 Å². The number of rotatable bonds is 8. The lowest BCUT2D eigenvalue weighted by atomic mass is 10.1. The van der Waals surface area contributed by atoms with Gasteiger partial charge in [-0.05, 0) is 48.7 Å². The third-order valence-corrected chi connectivity index (χ3v) is 5.34. The van der Waals surface area contributed by atoms with Crippen molar-refractivity contribution < 1.29 is 4.79 Å². The smallest absolute Gasteiger partial charge is 0.223 e. The fourth-order valence-electron chi connectivity index (χ4n) is 3.78. The van der Waals surface area contributed by atoms with Crippen molar-refractivity contribution >= 4 is 5.91 Å². The Morgan fingerprint density at radius 3 is 2.57 bits per heavy atom. The SMILES string of the molecule is O=C1CC[C@@H](CCNCc2ccccc2)N1Cc1ccc(-n2cccn2)cc1. The summed E-state index contributed by atoms with van der Waals surface area (Å²) in [7, 11) is 0. The molecule has 1 atom stereocenters. The Bertz CT molecular complexity index is 875. The highest BCUT2D eigenvalue weighted by atomic mass is 16.2. The van der Waals surface area contributed by atoms with Crippen molar-refractivity contribution in [1.82, 2.24) is 20.0 Å². The maximum Gasteiger partial charge on any atom is 0.223 e. The van der Waals surface area contributed by atoms with Crippen LogP contribution in [0.1, 0.15) is 30.4 Å². The number of nitrogens with zero attached hydrogens (tertiary/aromatic N) is 3. The summed E-state index contributed by atoms with van der Waals surface area (Å²) in [6, 6.07) is 20.9. The molecule has 1 amide bonds. The lowest BCUT2D eigenvalue weighted by Crippen LogP contribution is -2.34. The molecular formula is C23H26N4O. The van der Waals surface area contributed by atoms with Crippen LogP contribution in [0.3, 0.4) is 0 Å². The van der Waals surface area contributed by atoms with Crippen molar-refractivity contribution in [3.8, 4) is 5.69 Å². The standard InChI is InChI=1S/C23H26N4O/c28-23-12-11-21(13-15-24-17-19-5-2-1-3-6-19)26(23)18-20-7-9-22(10-8-20)27-16-4-14-25-27/h1-10,14,16,21,24H,11-13,15,17-18H2/t21-/m0/s1. The molecule has 1 aliphatic rings. The molecule has 0 bridgehead atoms. The minimum absolute atomic E-state index is 0.268. The predicted molar refractivity (Wildman–Crippen MR) is 110 cm³/mol. The van der Waals surface area contributed by atoms with E-state index in [0.29, 0.717) is 19.0 Å². The van der Waals surface area contributed by atoms with Gasteiger partial charge >= 0.3 is 0 Å². The third-order valence-electron chi connectivity index (χ3n) is 5.34. The number of amides is 1. The summed E-state index contributed by atoms with van der Waals surface area (Å²) in [6.07, 6.45) is 6.31. The molecule has 0 aliphatic carbocycles. The summed E-state index contributed by atoms with van der Waals surface area (Å²) in [5.41, 5.74) is 3.48. The average molecular weight is 374 g/mol. The second kappa shape index (κ2) is 8.85. The first-order chi connectivity index (χ1) is 13.8. The van der Waals surface area contributed by atoms with E-state index >= 15 is 0 Å². The van der Waals surface area contributed by atoms with Crippen LogP contribution >= 0.6 is 0 Å². The number of hydrogen-bond donors (Lipinski definition) is 1. The number of benzene rings is 2. The first kappa shape index (κ1) is 18.4. The van der Waals surface area contributed by atoms with E-state index in [2.05, 4.69) is 58.9 Å². The first-order valence-electron chi connectivity index (χ1n) is 9.93. The van der Waals surface area contributed by atoms with E-state index in [1.54, 1.807) is 6.20 Å².